The molecule has 0 radical (unpaired) electrons. The zero-order valence-corrected chi connectivity index (χ0v) is 11.0. The summed E-state index contributed by atoms with van der Waals surface area (Å²) in [6, 6.07) is 0. The van der Waals surface area contributed by atoms with Crippen LogP contribution in [0, 0.1) is 6.92 Å². The van der Waals surface area contributed by atoms with E-state index in [-0.39, 0.29) is 11.2 Å². The molecule has 114 valence electrons. The lowest BCUT2D eigenvalue weighted by atomic mass is 10.1. The molecule has 1 fully saturated rings. The van der Waals surface area contributed by atoms with Crippen LogP contribution in [0.5, 0.6) is 0 Å². The maximum Gasteiger partial charge on any atom is 0.327 e. The number of aromatic nitrogens is 4. The van der Waals surface area contributed by atoms with E-state index in [1.807, 2.05) is 4.98 Å². The summed E-state index contributed by atoms with van der Waals surface area (Å²) in [5, 5.41) is 28.9. The number of nitrogens with zero attached hydrogens (tertiary/aromatic N) is 2. The van der Waals surface area contributed by atoms with Crippen LogP contribution in [0.3, 0.4) is 0 Å². The molecule has 0 spiro atoms. The topological polar surface area (TPSA) is 153 Å². The first-order valence-electron chi connectivity index (χ1n) is 6.27. The van der Waals surface area contributed by atoms with Crippen molar-refractivity contribution in [3.8, 4) is 0 Å². The highest BCUT2D eigenvalue weighted by molar-refractivity contribution is 5.70. The molecule has 21 heavy (non-hydrogen) atoms. The lowest BCUT2D eigenvalue weighted by Gasteiger charge is -2.18. The maximum atomic E-state index is 11.7. The summed E-state index contributed by atoms with van der Waals surface area (Å²) in [4.78, 5) is 31.6. The molecule has 0 bridgehead atoms. The van der Waals surface area contributed by atoms with E-state index in [1.165, 1.54) is 4.57 Å². The van der Waals surface area contributed by atoms with Crippen LogP contribution in [0.25, 0.3) is 11.2 Å². The Hall–Kier alpha value is -2.01. The zero-order chi connectivity index (χ0) is 15.3. The second-order valence-corrected chi connectivity index (χ2v) is 4.86. The number of imidazole rings is 1. The fourth-order valence-electron chi connectivity index (χ4n) is 2.53. The molecule has 3 heterocycles. The molecule has 0 saturated carbocycles. The number of hydrogen-bond acceptors (Lipinski definition) is 7. The Morgan fingerprint density at radius 1 is 1.29 bits per heavy atom. The van der Waals surface area contributed by atoms with Crippen molar-refractivity contribution in [3.05, 3.63) is 26.7 Å². The number of aliphatic hydroxyl groups is 3. The molecule has 0 amide bonds. The van der Waals surface area contributed by atoms with Crippen LogP contribution in [0.1, 0.15) is 12.1 Å². The average Bonchev–Trinajstić information content (AvgIpc) is 2.89. The molecule has 0 aromatic carbocycles. The Bertz CT molecular complexity index is 792. The molecule has 5 N–H and O–H groups in total. The number of nitrogens with one attached hydrogen (secondary N) is 2. The van der Waals surface area contributed by atoms with E-state index >= 15 is 0 Å². The van der Waals surface area contributed by atoms with Crippen molar-refractivity contribution in [2.24, 2.45) is 0 Å². The number of rotatable bonds is 2. The summed E-state index contributed by atoms with van der Waals surface area (Å²) in [7, 11) is 0. The molecule has 10 nitrogen and oxygen atoms in total. The van der Waals surface area contributed by atoms with Gasteiger partial charge in [0.2, 0.25) is 0 Å². The van der Waals surface area contributed by atoms with Crippen molar-refractivity contribution in [3.63, 3.8) is 0 Å². The Kier molecular flexibility index (Phi) is 3.17. The molecule has 3 rings (SSSR count). The number of aromatic amines is 2. The Balaban J connectivity index is 2.19. The minimum Gasteiger partial charge on any atom is -0.394 e. The van der Waals surface area contributed by atoms with E-state index in [9.17, 15) is 19.8 Å². The maximum absolute atomic E-state index is 11.7. The van der Waals surface area contributed by atoms with Gasteiger partial charge in [0, 0.05) is 0 Å². The van der Waals surface area contributed by atoms with Gasteiger partial charge in [0.15, 0.2) is 11.7 Å². The van der Waals surface area contributed by atoms with E-state index < -0.39 is 42.4 Å². The second kappa shape index (κ2) is 4.77. The fourth-order valence-corrected chi connectivity index (χ4v) is 2.53. The van der Waals surface area contributed by atoms with Gasteiger partial charge in [-0.1, -0.05) is 0 Å². The lowest BCUT2D eigenvalue weighted by molar-refractivity contribution is -0.0519. The van der Waals surface area contributed by atoms with E-state index in [2.05, 4.69) is 9.97 Å². The monoisotopic (exact) mass is 298 g/mol. The highest BCUT2D eigenvalue weighted by Gasteiger charge is 2.44. The number of aryl methyl sites for hydroxylation is 1. The van der Waals surface area contributed by atoms with Crippen molar-refractivity contribution < 1.29 is 20.1 Å². The van der Waals surface area contributed by atoms with Gasteiger partial charge >= 0.3 is 5.69 Å². The molecular weight excluding hydrogens is 284 g/mol. The van der Waals surface area contributed by atoms with Gasteiger partial charge in [0.25, 0.3) is 5.56 Å². The number of H-pyrrole nitrogens is 2. The summed E-state index contributed by atoms with van der Waals surface area (Å²) in [6.07, 6.45) is -4.65. The number of hydrogen-bond donors (Lipinski definition) is 5. The second-order valence-electron chi connectivity index (χ2n) is 4.86. The molecular formula is C11H14N4O6. The van der Waals surface area contributed by atoms with Gasteiger partial charge in [-0.2, -0.15) is 0 Å². The smallest absolute Gasteiger partial charge is 0.327 e. The Morgan fingerprint density at radius 3 is 2.62 bits per heavy atom. The molecule has 2 aromatic heterocycles. The highest BCUT2D eigenvalue weighted by Crippen LogP contribution is 2.31. The van der Waals surface area contributed by atoms with Crippen LogP contribution >= 0.6 is 0 Å². The third kappa shape index (κ3) is 2.00. The quantitative estimate of drug-likeness (QED) is 0.405. The first kappa shape index (κ1) is 13.9. The normalized spacial score (nSPS) is 29.3. The van der Waals surface area contributed by atoms with Gasteiger partial charge in [-0.25, -0.2) is 9.78 Å². The number of aliphatic hydroxyl groups excluding tert-OH is 3. The summed E-state index contributed by atoms with van der Waals surface area (Å²) in [5.41, 5.74) is -1.32. The summed E-state index contributed by atoms with van der Waals surface area (Å²) >= 11 is 0. The van der Waals surface area contributed by atoms with Crippen molar-refractivity contribution >= 4 is 11.2 Å². The Morgan fingerprint density at radius 2 is 2.00 bits per heavy atom. The first-order chi connectivity index (χ1) is 9.93. The molecule has 1 aliphatic rings. The molecule has 0 unspecified atom stereocenters. The first-order valence-corrected chi connectivity index (χ1v) is 6.27. The van der Waals surface area contributed by atoms with E-state index in [4.69, 9.17) is 9.84 Å². The number of fused-ring (bicyclic) bond motifs is 1. The molecule has 0 aliphatic carbocycles. The van der Waals surface area contributed by atoms with Crippen molar-refractivity contribution in [2.45, 2.75) is 31.5 Å². The number of ether oxygens (including phenoxy) is 1. The highest BCUT2D eigenvalue weighted by atomic mass is 16.6. The van der Waals surface area contributed by atoms with Gasteiger partial charge in [-0.3, -0.25) is 19.3 Å². The average molecular weight is 298 g/mol. The van der Waals surface area contributed by atoms with E-state index in [0.29, 0.717) is 5.82 Å². The molecule has 1 aliphatic heterocycles. The third-order valence-electron chi connectivity index (χ3n) is 3.53. The van der Waals surface area contributed by atoms with Crippen molar-refractivity contribution in [1.29, 1.82) is 0 Å². The van der Waals surface area contributed by atoms with Gasteiger partial charge in [0.1, 0.15) is 29.8 Å². The van der Waals surface area contributed by atoms with E-state index in [1.54, 1.807) is 6.92 Å². The zero-order valence-electron chi connectivity index (χ0n) is 11.0. The standard InChI is InChI=1S/C11H14N4O6/c1-3-12-5-8(13-11(20)14-9(5)19)15(3)10-7(18)6(17)4(2-16)21-10/h4,6-7,10,16-18H,2H2,1H3,(H2,13,14,19,20)/t4-,6-,7-,10-/m1/s1. The molecule has 2 aromatic rings. The van der Waals surface area contributed by atoms with Gasteiger partial charge in [-0.15, -0.1) is 0 Å². The third-order valence-corrected chi connectivity index (χ3v) is 3.53. The van der Waals surface area contributed by atoms with Crippen LogP contribution < -0.4 is 11.2 Å². The molecule has 1 saturated heterocycles. The molecule has 10 heteroatoms. The lowest BCUT2D eigenvalue weighted by Crippen LogP contribution is -2.33. The minimum atomic E-state index is -1.33. The Labute approximate surface area is 116 Å². The van der Waals surface area contributed by atoms with Crippen LogP contribution in [-0.4, -0.2) is 59.8 Å². The van der Waals surface area contributed by atoms with Gasteiger partial charge in [-0.05, 0) is 6.92 Å². The minimum absolute atomic E-state index is 0.00941. The largest absolute Gasteiger partial charge is 0.394 e. The predicted molar refractivity (Wildman–Crippen MR) is 68.7 cm³/mol. The summed E-state index contributed by atoms with van der Waals surface area (Å²) in [6.45, 7) is 1.09. The van der Waals surface area contributed by atoms with Crippen LogP contribution in [0.4, 0.5) is 0 Å². The van der Waals surface area contributed by atoms with Crippen LogP contribution in [0.15, 0.2) is 9.59 Å². The van der Waals surface area contributed by atoms with E-state index in [0.717, 1.165) is 0 Å². The molecule has 4 atom stereocenters. The summed E-state index contributed by atoms with van der Waals surface area (Å²) < 4.78 is 6.70. The van der Waals surface area contributed by atoms with Gasteiger partial charge < -0.3 is 20.1 Å². The fraction of sp³-hybridized carbons (Fsp3) is 0.545. The van der Waals surface area contributed by atoms with Crippen LogP contribution in [-0.2, 0) is 4.74 Å². The SMILES string of the molecule is Cc1nc2c(=O)[nH]c(=O)[nH]c2n1[C@@H]1O[C@H](CO)[C@@H](O)[C@H]1O. The summed E-state index contributed by atoms with van der Waals surface area (Å²) in [5.74, 6) is 0.312. The van der Waals surface area contributed by atoms with Gasteiger partial charge in [0.05, 0.1) is 6.61 Å². The van der Waals surface area contributed by atoms with Crippen LogP contribution in [0.2, 0.25) is 0 Å². The van der Waals surface area contributed by atoms with Crippen molar-refractivity contribution in [1.82, 2.24) is 19.5 Å². The van der Waals surface area contributed by atoms with Crippen molar-refractivity contribution in [2.75, 3.05) is 6.61 Å². The predicted octanol–water partition coefficient (Wildman–Crippen LogP) is -2.67.